The van der Waals surface area contributed by atoms with E-state index < -0.39 is 19.7 Å². The molecule has 3 aromatic rings. The van der Waals surface area contributed by atoms with Crippen LogP contribution in [0.4, 0.5) is 0 Å². The van der Waals surface area contributed by atoms with Crippen LogP contribution in [-0.2, 0) is 39.2 Å². The molecular formula is C21H22N4O4S2. The van der Waals surface area contributed by atoms with Gasteiger partial charge in [0.15, 0.2) is 9.84 Å². The molecule has 10 heteroatoms. The number of hydrogen-bond acceptors (Lipinski definition) is 8. The van der Waals surface area contributed by atoms with E-state index in [1.807, 2.05) is 18.2 Å². The minimum Gasteiger partial charge on any atom is -0.293 e. The molecule has 0 saturated heterocycles. The van der Waals surface area contributed by atoms with Crippen LogP contribution in [0.15, 0.2) is 58.7 Å². The van der Waals surface area contributed by atoms with E-state index in [2.05, 4.69) is 14.9 Å². The topological polar surface area (TPSA) is 110 Å². The molecule has 8 nitrogen and oxygen atoms in total. The zero-order valence-electron chi connectivity index (χ0n) is 17.2. The fourth-order valence-corrected chi connectivity index (χ4v) is 4.65. The molecule has 0 unspecified atom stereocenters. The van der Waals surface area contributed by atoms with E-state index >= 15 is 0 Å². The van der Waals surface area contributed by atoms with Crippen LogP contribution in [-0.4, -0.2) is 55.7 Å². The molecule has 1 aromatic carbocycles. The molecule has 31 heavy (non-hydrogen) atoms. The molecule has 1 aliphatic heterocycles. The van der Waals surface area contributed by atoms with Crippen molar-refractivity contribution in [2.24, 2.45) is 0 Å². The number of fused-ring (bicyclic) bond motifs is 1. The maximum atomic E-state index is 11.7. The van der Waals surface area contributed by atoms with E-state index in [-0.39, 0.29) is 10.1 Å². The zero-order valence-corrected chi connectivity index (χ0v) is 18.8. The Morgan fingerprint density at radius 2 is 1.68 bits per heavy atom. The van der Waals surface area contributed by atoms with E-state index in [1.165, 1.54) is 6.26 Å². The first kappa shape index (κ1) is 21.5. The summed E-state index contributed by atoms with van der Waals surface area (Å²) in [6, 6.07) is 12.5. The summed E-state index contributed by atoms with van der Waals surface area (Å²) in [5.41, 5.74) is 4.21. The van der Waals surface area contributed by atoms with Crippen molar-refractivity contribution in [2.45, 2.75) is 29.6 Å². The maximum absolute atomic E-state index is 11.7. The first-order valence-corrected chi connectivity index (χ1v) is 13.4. The van der Waals surface area contributed by atoms with Gasteiger partial charge in [0.1, 0.15) is 0 Å². The Kier molecular flexibility index (Phi) is 5.63. The highest BCUT2D eigenvalue weighted by Gasteiger charge is 2.21. The number of benzene rings is 1. The molecule has 4 rings (SSSR count). The van der Waals surface area contributed by atoms with E-state index in [1.54, 1.807) is 30.5 Å². The third-order valence-corrected chi connectivity index (χ3v) is 7.08. The summed E-state index contributed by atoms with van der Waals surface area (Å²) < 4.78 is 46.6. The van der Waals surface area contributed by atoms with Crippen LogP contribution in [0, 0.1) is 0 Å². The van der Waals surface area contributed by atoms with Gasteiger partial charge in [-0.05, 0) is 24.3 Å². The average Bonchev–Trinajstić information content (AvgIpc) is 2.72. The number of rotatable bonds is 5. The molecule has 0 saturated carbocycles. The number of aromatic nitrogens is 3. The van der Waals surface area contributed by atoms with Crippen molar-refractivity contribution in [3.8, 4) is 11.3 Å². The molecular weight excluding hydrogens is 436 g/mol. The maximum Gasteiger partial charge on any atom is 0.246 e. The second kappa shape index (κ2) is 8.10. The van der Waals surface area contributed by atoms with Crippen LogP contribution < -0.4 is 0 Å². The van der Waals surface area contributed by atoms with Gasteiger partial charge in [-0.2, -0.15) is 0 Å². The zero-order chi connectivity index (χ0) is 22.2. The van der Waals surface area contributed by atoms with E-state index in [0.717, 1.165) is 41.0 Å². The fourth-order valence-electron chi connectivity index (χ4n) is 3.50. The summed E-state index contributed by atoms with van der Waals surface area (Å²) in [6.07, 6.45) is 4.53. The average molecular weight is 459 g/mol. The van der Waals surface area contributed by atoms with Crippen molar-refractivity contribution in [2.75, 3.05) is 19.1 Å². The van der Waals surface area contributed by atoms with Gasteiger partial charge in [-0.15, -0.1) is 0 Å². The third-order valence-electron chi connectivity index (χ3n) is 5.09. The van der Waals surface area contributed by atoms with Gasteiger partial charge in [0, 0.05) is 55.9 Å². The van der Waals surface area contributed by atoms with Gasteiger partial charge >= 0.3 is 0 Å². The monoisotopic (exact) mass is 458 g/mol. The fraction of sp³-hybridized carbons (Fsp3) is 0.286. The standard InChI is InChI=1S/C21H22N4O4S2/c1-30(26,27)18-8-6-15(7-9-18)19-5-3-4-17(23-19)14-25-11-10-20-16(13-25)12-22-21(24-20)31(2,28)29/h3-9,12H,10-11,13-14H2,1-2H3. The normalized spacial score (nSPS) is 14.9. The predicted molar refractivity (Wildman–Crippen MR) is 116 cm³/mol. The van der Waals surface area contributed by atoms with Gasteiger partial charge in [0.25, 0.3) is 0 Å². The molecule has 0 atom stereocenters. The Bertz CT molecular complexity index is 1340. The van der Waals surface area contributed by atoms with Crippen LogP contribution in [0.25, 0.3) is 11.3 Å². The van der Waals surface area contributed by atoms with Crippen LogP contribution in [0.1, 0.15) is 17.0 Å². The summed E-state index contributed by atoms with van der Waals surface area (Å²) in [5, 5.41) is -0.129. The van der Waals surface area contributed by atoms with Crippen LogP contribution in [0.3, 0.4) is 0 Å². The summed E-state index contributed by atoms with van der Waals surface area (Å²) in [5.74, 6) is 0. The van der Waals surface area contributed by atoms with Crippen molar-refractivity contribution in [1.82, 2.24) is 19.9 Å². The summed E-state index contributed by atoms with van der Waals surface area (Å²) in [7, 11) is -6.65. The Labute approximate surface area is 181 Å². The van der Waals surface area contributed by atoms with Crippen LogP contribution in [0.5, 0.6) is 0 Å². The highest BCUT2D eigenvalue weighted by molar-refractivity contribution is 7.90. The minimum atomic E-state index is -3.42. The minimum absolute atomic E-state index is 0.129. The van der Waals surface area contributed by atoms with Crippen molar-refractivity contribution in [3.05, 3.63) is 65.6 Å². The highest BCUT2D eigenvalue weighted by atomic mass is 32.2. The van der Waals surface area contributed by atoms with E-state index in [9.17, 15) is 16.8 Å². The molecule has 0 bridgehead atoms. The lowest BCUT2D eigenvalue weighted by Crippen LogP contribution is -2.31. The first-order chi connectivity index (χ1) is 14.6. The summed E-state index contributed by atoms with van der Waals surface area (Å²) in [4.78, 5) is 15.4. The Balaban J connectivity index is 1.50. The van der Waals surface area contributed by atoms with Gasteiger partial charge in [-0.3, -0.25) is 9.88 Å². The second-order valence-electron chi connectivity index (χ2n) is 7.67. The smallest absolute Gasteiger partial charge is 0.246 e. The lowest BCUT2D eigenvalue weighted by atomic mass is 10.1. The molecule has 0 N–H and O–H groups in total. The molecule has 2 aromatic heterocycles. The predicted octanol–water partition coefficient (Wildman–Crippen LogP) is 1.90. The highest BCUT2D eigenvalue weighted by Crippen LogP contribution is 2.22. The molecule has 3 heterocycles. The lowest BCUT2D eigenvalue weighted by Gasteiger charge is -2.27. The molecule has 0 aliphatic carbocycles. The number of hydrogen-bond donors (Lipinski definition) is 0. The molecule has 0 fully saturated rings. The van der Waals surface area contributed by atoms with Crippen molar-refractivity contribution in [3.63, 3.8) is 0 Å². The van der Waals surface area contributed by atoms with E-state index in [0.29, 0.717) is 19.5 Å². The van der Waals surface area contributed by atoms with Gasteiger partial charge in [-0.25, -0.2) is 26.8 Å². The van der Waals surface area contributed by atoms with Gasteiger partial charge in [-0.1, -0.05) is 18.2 Å². The summed E-state index contributed by atoms with van der Waals surface area (Å²) >= 11 is 0. The number of sulfone groups is 2. The van der Waals surface area contributed by atoms with Crippen LogP contribution in [0.2, 0.25) is 0 Å². The molecule has 0 spiro atoms. The van der Waals surface area contributed by atoms with Gasteiger partial charge < -0.3 is 0 Å². The first-order valence-electron chi connectivity index (χ1n) is 9.63. The van der Waals surface area contributed by atoms with Crippen molar-refractivity contribution >= 4 is 19.7 Å². The molecule has 162 valence electrons. The van der Waals surface area contributed by atoms with Crippen LogP contribution >= 0.6 is 0 Å². The molecule has 0 radical (unpaired) electrons. The lowest BCUT2D eigenvalue weighted by molar-refractivity contribution is 0.239. The largest absolute Gasteiger partial charge is 0.293 e. The van der Waals surface area contributed by atoms with E-state index in [4.69, 9.17) is 4.98 Å². The van der Waals surface area contributed by atoms with Crippen molar-refractivity contribution in [1.29, 1.82) is 0 Å². The quantitative estimate of drug-likeness (QED) is 0.533. The molecule has 0 amide bonds. The Hall–Kier alpha value is -2.69. The Morgan fingerprint density at radius 1 is 0.935 bits per heavy atom. The number of pyridine rings is 1. The van der Waals surface area contributed by atoms with Gasteiger partial charge in [0.05, 0.1) is 22.0 Å². The second-order valence-corrected chi connectivity index (χ2v) is 11.6. The molecule has 1 aliphatic rings. The number of nitrogens with zero attached hydrogens (tertiary/aromatic N) is 4. The summed E-state index contributed by atoms with van der Waals surface area (Å²) in [6.45, 7) is 1.99. The Morgan fingerprint density at radius 3 is 2.35 bits per heavy atom. The van der Waals surface area contributed by atoms with Gasteiger partial charge in [0.2, 0.25) is 15.0 Å². The third kappa shape index (κ3) is 4.97. The van der Waals surface area contributed by atoms with Crippen molar-refractivity contribution < 1.29 is 16.8 Å². The SMILES string of the molecule is CS(=O)(=O)c1ccc(-c2cccc(CN3CCc4nc(S(C)(=O)=O)ncc4C3)n2)cc1.